The predicted molar refractivity (Wildman–Crippen MR) is 138 cm³/mol. The van der Waals surface area contributed by atoms with E-state index >= 15 is 0 Å². The molecule has 0 radical (unpaired) electrons. The van der Waals surface area contributed by atoms with Gasteiger partial charge < -0.3 is 18.8 Å². The molecule has 2 aliphatic rings. The van der Waals surface area contributed by atoms with E-state index in [1.165, 1.54) is 5.56 Å². The van der Waals surface area contributed by atoms with Crippen LogP contribution in [0.25, 0.3) is 0 Å². The molecule has 0 saturated carbocycles. The predicted octanol–water partition coefficient (Wildman–Crippen LogP) is 6.27. The minimum absolute atomic E-state index is 0.0609. The van der Waals surface area contributed by atoms with Crippen LogP contribution in [-0.4, -0.2) is 41.6 Å². The van der Waals surface area contributed by atoms with E-state index in [4.69, 9.17) is 13.9 Å². The second kappa shape index (κ2) is 10.8. The van der Waals surface area contributed by atoms with Crippen molar-refractivity contribution >= 4 is 23.6 Å². The Morgan fingerprint density at radius 1 is 0.972 bits per heavy atom. The topological polar surface area (TPSA) is 69.0 Å². The molecule has 2 bridgehead atoms. The molecule has 188 valence electrons. The second-order valence-corrected chi connectivity index (χ2v) is 10.4. The van der Waals surface area contributed by atoms with Gasteiger partial charge in [-0.25, -0.2) is 4.79 Å². The van der Waals surface area contributed by atoms with Crippen molar-refractivity contribution in [1.29, 1.82) is 0 Å². The first-order valence-corrected chi connectivity index (χ1v) is 13.5. The molecular weight excluding hydrogens is 474 g/mol. The minimum Gasteiger partial charge on any atom is -0.490 e. The van der Waals surface area contributed by atoms with Gasteiger partial charge in [0.2, 0.25) is 0 Å². The molecule has 5 rings (SSSR count). The van der Waals surface area contributed by atoms with Crippen molar-refractivity contribution < 1.29 is 23.5 Å². The van der Waals surface area contributed by atoms with Gasteiger partial charge in [0.05, 0.1) is 18.4 Å². The first-order valence-electron chi connectivity index (χ1n) is 12.5. The zero-order valence-electron chi connectivity index (χ0n) is 20.6. The van der Waals surface area contributed by atoms with Crippen molar-refractivity contribution in [2.75, 3.05) is 6.61 Å². The van der Waals surface area contributed by atoms with Crippen molar-refractivity contribution in [3.8, 4) is 5.75 Å². The highest BCUT2D eigenvalue weighted by atomic mass is 32.2. The second-order valence-electron chi connectivity index (χ2n) is 9.38. The zero-order chi connectivity index (χ0) is 25.1. The van der Waals surface area contributed by atoms with Crippen molar-refractivity contribution in [3.05, 3.63) is 83.3 Å². The van der Waals surface area contributed by atoms with E-state index in [0.717, 1.165) is 53.4 Å². The number of furan rings is 1. The molecule has 7 heteroatoms. The Hall–Kier alpha value is -3.19. The molecule has 36 heavy (non-hydrogen) atoms. The van der Waals surface area contributed by atoms with Gasteiger partial charge in [-0.2, -0.15) is 0 Å². The molecule has 2 aliphatic heterocycles. The summed E-state index contributed by atoms with van der Waals surface area (Å²) in [5, 5.41) is 0. The van der Waals surface area contributed by atoms with Crippen molar-refractivity contribution in [2.24, 2.45) is 0 Å². The third kappa shape index (κ3) is 5.31. The Kier molecular flexibility index (Phi) is 7.37. The summed E-state index contributed by atoms with van der Waals surface area (Å²) in [6.45, 7) is 4.11. The maximum Gasteiger partial charge on any atom is 0.338 e. The molecule has 2 fully saturated rings. The van der Waals surface area contributed by atoms with Gasteiger partial charge in [-0.05, 0) is 74.7 Å². The standard InChI is InChI=1S/C29H31NO5S/c1-3-33-29(32)22-8-12-25(13-9-22)35-26-16-23-10-11-24(17-26)30(23)28(31)21-6-4-20(5-7-21)18-36-27-14-15-34-19(27)2/h4-9,12-15,23-24,26H,3,10-11,16-18H2,1-2H3. The largest absolute Gasteiger partial charge is 0.490 e. The number of carbonyl (C=O) groups excluding carboxylic acids is 2. The van der Waals surface area contributed by atoms with Crippen LogP contribution >= 0.6 is 11.8 Å². The molecule has 2 saturated heterocycles. The average Bonchev–Trinajstić information content (AvgIpc) is 3.42. The van der Waals surface area contributed by atoms with Crippen LogP contribution in [0, 0.1) is 6.92 Å². The molecule has 3 aromatic rings. The van der Waals surface area contributed by atoms with E-state index < -0.39 is 0 Å². The molecule has 1 amide bonds. The fourth-order valence-electron chi connectivity index (χ4n) is 5.21. The summed E-state index contributed by atoms with van der Waals surface area (Å²) in [5.74, 6) is 2.30. The molecule has 2 aromatic carbocycles. The molecular formula is C29H31NO5S. The Balaban J connectivity index is 1.17. The van der Waals surface area contributed by atoms with E-state index in [0.29, 0.717) is 12.2 Å². The van der Waals surface area contributed by atoms with Gasteiger partial charge in [-0.3, -0.25) is 4.79 Å². The van der Waals surface area contributed by atoms with Crippen LogP contribution in [0.3, 0.4) is 0 Å². The summed E-state index contributed by atoms with van der Waals surface area (Å²) in [7, 11) is 0. The normalized spacial score (nSPS) is 20.8. The number of piperidine rings is 1. The summed E-state index contributed by atoms with van der Waals surface area (Å²) in [4.78, 5) is 28.5. The zero-order valence-corrected chi connectivity index (χ0v) is 21.5. The van der Waals surface area contributed by atoms with Crippen molar-refractivity contribution in [1.82, 2.24) is 4.90 Å². The van der Waals surface area contributed by atoms with Crippen LogP contribution in [0.2, 0.25) is 0 Å². The number of carbonyl (C=O) groups is 2. The van der Waals surface area contributed by atoms with E-state index in [2.05, 4.69) is 4.90 Å². The number of rotatable bonds is 8. The van der Waals surface area contributed by atoms with Gasteiger partial charge in [0.1, 0.15) is 17.6 Å². The quantitative estimate of drug-likeness (QED) is 0.265. The summed E-state index contributed by atoms with van der Waals surface area (Å²) >= 11 is 1.74. The van der Waals surface area contributed by atoms with Gasteiger partial charge in [0, 0.05) is 41.1 Å². The molecule has 0 spiro atoms. The highest BCUT2D eigenvalue weighted by Gasteiger charge is 2.44. The Labute approximate surface area is 216 Å². The lowest BCUT2D eigenvalue weighted by molar-refractivity contribution is 0.0359. The number of thioether (sulfide) groups is 1. The van der Waals surface area contributed by atoms with Crippen LogP contribution in [0.1, 0.15) is 64.6 Å². The molecule has 2 atom stereocenters. The highest BCUT2D eigenvalue weighted by molar-refractivity contribution is 7.98. The first-order chi connectivity index (χ1) is 17.5. The van der Waals surface area contributed by atoms with E-state index in [1.54, 1.807) is 37.1 Å². The fourth-order valence-corrected chi connectivity index (χ4v) is 6.13. The maximum absolute atomic E-state index is 13.4. The highest BCUT2D eigenvalue weighted by Crippen LogP contribution is 2.38. The number of hydrogen-bond acceptors (Lipinski definition) is 6. The van der Waals surface area contributed by atoms with Crippen LogP contribution in [0.15, 0.2) is 70.2 Å². The number of benzene rings is 2. The van der Waals surface area contributed by atoms with Crippen LogP contribution < -0.4 is 4.74 Å². The van der Waals surface area contributed by atoms with Gasteiger partial charge in [0.25, 0.3) is 5.91 Å². The van der Waals surface area contributed by atoms with Crippen molar-refractivity contribution in [2.45, 2.75) is 68.4 Å². The van der Waals surface area contributed by atoms with Crippen LogP contribution in [0.5, 0.6) is 5.75 Å². The van der Waals surface area contributed by atoms with Gasteiger partial charge in [-0.1, -0.05) is 12.1 Å². The third-order valence-corrected chi connectivity index (χ3v) is 8.21. The Morgan fingerprint density at radius 2 is 1.64 bits per heavy atom. The van der Waals surface area contributed by atoms with E-state index in [1.807, 2.05) is 49.4 Å². The number of ether oxygens (including phenoxy) is 2. The number of hydrogen-bond donors (Lipinski definition) is 0. The number of fused-ring (bicyclic) bond motifs is 2. The monoisotopic (exact) mass is 505 g/mol. The SMILES string of the molecule is CCOC(=O)c1ccc(OC2CC3CCC(C2)N3C(=O)c2ccc(CSc3ccoc3C)cc2)cc1. The lowest BCUT2D eigenvalue weighted by Crippen LogP contribution is -2.49. The summed E-state index contributed by atoms with van der Waals surface area (Å²) < 4.78 is 16.7. The lowest BCUT2D eigenvalue weighted by atomic mass is 9.98. The molecule has 6 nitrogen and oxygen atoms in total. The molecule has 0 aliphatic carbocycles. The number of amides is 1. The van der Waals surface area contributed by atoms with Crippen LogP contribution in [0.4, 0.5) is 0 Å². The summed E-state index contributed by atoms with van der Waals surface area (Å²) in [6.07, 6.45) is 5.43. The Morgan fingerprint density at radius 3 is 2.25 bits per heavy atom. The van der Waals surface area contributed by atoms with Gasteiger partial charge >= 0.3 is 5.97 Å². The smallest absolute Gasteiger partial charge is 0.338 e. The van der Waals surface area contributed by atoms with Gasteiger partial charge in [0.15, 0.2) is 0 Å². The summed E-state index contributed by atoms with van der Waals surface area (Å²) in [6, 6.07) is 17.5. The Bertz CT molecular complexity index is 1190. The van der Waals surface area contributed by atoms with Crippen molar-refractivity contribution in [3.63, 3.8) is 0 Å². The minimum atomic E-state index is -0.325. The lowest BCUT2D eigenvalue weighted by Gasteiger charge is -2.39. The van der Waals surface area contributed by atoms with E-state index in [9.17, 15) is 9.59 Å². The number of esters is 1. The molecule has 2 unspecified atom stereocenters. The number of nitrogens with zero attached hydrogens (tertiary/aromatic N) is 1. The first kappa shape index (κ1) is 24.5. The molecule has 0 N–H and O–H groups in total. The molecule has 3 heterocycles. The summed E-state index contributed by atoms with van der Waals surface area (Å²) in [5.41, 5.74) is 2.45. The van der Waals surface area contributed by atoms with E-state index in [-0.39, 0.29) is 30.1 Å². The molecule has 1 aromatic heterocycles. The average molecular weight is 506 g/mol. The third-order valence-electron chi connectivity index (χ3n) is 7.00. The fraction of sp³-hybridized carbons (Fsp3) is 0.379. The maximum atomic E-state index is 13.4. The van der Waals surface area contributed by atoms with Crippen LogP contribution in [-0.2, 0) is 10.5 Å². The number of aryl methyl sites for hydroxylation is 1. The van der Waals surface area contributed by atoms with Gasteiger partial charge in [-0.15, -0.1) is 11.8 Å².